The van der Waals surface area contributed by atoms with E-state index in [4.69, 9.17) is 4.74 Å². The number of sulfonamides is 1. The van der Waals surface area contributed by atoms with Crippen molar-refractivity contribution in [2.75, 3.05) is 18.0 Å². The lowest BCUT2D eigenvalue weighted by Gasteiger charge is -2.27. The Morgan fingerprint density at radius 3 is 2.14 bits per heavy atom. The van der Waals surface area contributed by atoms with Crippen molar-refractivity contribution in [2.45, 2.75) is 52.0 Å². The Kier molecular flexibility index (Phi) is 8.22. The summed E-state index contributed by atoms with van der Waals surface area (Å²) < 4.78 is 33.9. The van der Waals surface area contributed by atoms with E-state index in [0.29, 0.717) is 12.1 Å². The normalized spacial score (nSPS) is 12.2. The summed E-state index contributed by atoms with van der Waals surface area (Å²) in [6.07, 6.45) is 0.659. The molecule has 3 aromatic carbocycles. The number of ether oxygens (including phenoxy) is 1. The quantitative estimate of drug-likeness (QED) is 0.433. The van der Waals surface area contributed by atoms with Gasteiger partial charge >= 0.3 is 0 Å². The lowest BCUT2D eigenvalue weighted by Crippen LogP contribution is -2.42. The molecule has 0 bridgehead atoms. The molecule has 0 heterocycles. The van der Waals surface area contributed by atoms with Gasteiger partial charge in [-0.25, -0.2) is 8.42 Å². The maximum absolute atomic E-state index is 13.7. The van der Waals surface area contributed by atoms with Crippen molar-refractivity contribution in [2.24, 2.45) is 0 Å². The summed E-state index contributed by atoms with van der Waals surface area (Å²) in [5, 5.41) is 3.03. The second-order valence-electron chi connectivity index (χ2n) is 8.87. The minimum absolute atomic E-state index is 0.147. The van der Waals surface area contributed by atoms with Crippen molar-refractivity contribution in [1.29, 1.82) is 0 Å². The minimum Gasteiger partial charge on any atom is -0.496 e. The fourth-order valence-corrected chi connectivity index (χ4v) is 5.62. The van der Waals surface area contributed by atoms with E-state index in [2.05, 4.69) is 5.32 Å². The average Bonchev–Trinajstić information content (AvgIpc) is 2.81. The number of nitrogens with zero attached hydrogens (tertiary/aromatic N) is 1. The first kappa shape index (κ1) is 26.3. The summed E-state index contributed by atoms with van der Waals surface area (Å²) in [5.41, 5.74) is 5.16. The molecule has 0 fully saturated rings. The van der Waals surface area contributed by atoms with Crippen LogP contribution in [0, 0.1) is 27.7 Å². The predicted octanol–water partition coefficient (Wildman–Crippen LogP) is 5.39. The molecule has 6 nitrogen and oxygen atoms in total. The Balaban J connectivity index is 1.94. The van der Waals surface area contributed by atoms with Gasteiger partial charge in [0.05, 0.1) is 23.7 Å². The van der Waals surface area contributed by atoms with Gasteiger partial charge in [-0.2, -0.15) is 0 Å². The number of carbonyl (C=O) groups excluding carboxylic acids is 1. The summed E-state index contributed by atoms with van der Waals surface area (Å²) in [6, 6.07) is 17.7. The highest BCUT2D eigenvalue weighted by molar-refractivity contribution is 7.92. The van der Waals surface area contributed by atoms with Crippen molar-refractivity contribution in [3.63, 3.8) is 0 Å². The molecular formula is C28H34N2O4S. The van der Waals surface area contributed by atoms with E-state index in [-0.39, 0.29) is 23.4 Å². The molecular weight excluding hydrogens is 460 g/mol. The summed E-state index contributed by atoms with van der Waals surface area (Å²) in [7, 11) is -2.35. The van der Waals surface area contributed by atoms with E-state index in [0.717, 1.165) is 33.6 Å². The van der Waals surface area contributed by atoms with Gasteiger partial charge in [0.15, 0.2) is 0 Å². The number of amides is 1. The molecule has 0 spiro atoms. The number of carbonyl (C=O) groups is 1. The fourth-order valence-electron chi connectivity index (χ4n) is 4.13. The van der Waals surface area contributed by atoms with Crippen molar-refractivity contribution in [3.05, 3.63) is 88.5 Å². The zero-order chi connectivity index (χ0) is 25.8. The first-order valence-electron chi connectivity index (χ1n) is 11.7. The highest BCUT2D eigenvalue weighted by Gasteiger charge is 2.29. The molecule has 186 valence electrons. The Bertz CT molecular complexity index is 1300. The Labute approximate surface area is 209 Å². The molecule has 0 radical (unpaired) electrons. The van der Waals surface area contributed by atoms with E-state index in [1.807, 2.05) is 65.0 Å². The van der Waals surface area contributed by atoms with Gasteiger partial charge in [-0.05, 0) is 75.1 Å². The minimum atomic E-state index is -3.97. The number of hydrogen-bond donors (Lipinski definition) is 1. The molecule has 0 saturated heterocycles. The maximum Gasteiger partial charge on any atom is 0.264 e. The standard InChI is InChI=1S/C28H34N2O4S/c1-7-25(23-11-15-27(34-6)22(5)17-23)29-28(31)18-30(26-14-10-20(3)16-21(26)4)35(32,33)24-12-8-19(2)9-13-24/h8-17,25H,7,18H2,1-6H3,(H,29,31)/t25-/m0/s1. The number of aryl methyl sites for hydroxylation is 4. The van der Waals surface area contributed by atoms with Crippen LogP contribution in [-0.2, 0) is 14.8 Å². The molecule has 1 N–H and O–H groups in total. The maximum atomic E-state index is 13.7. The molecule has 3 rings (SSSR count). The van der Waals surface area contributed by atoms with E-state index in [1.54, 1.807) is 37.4 Å². The van der Waals surface area contributed by atoms with Crippen molar-refractivity contribution >= 4 is 21.6 Å². The molecule has 0 aliphatic rings. The molecule has 7 heteroatoms. The molecule has 0 saturated carbocycles. The van der Waals surface area contributed by atoms with Crippen LogP contribution in [0.5, 0.6) is 5.75 Å². The van der Waals surface area contributed by atoms with Crippen molar-refractivity contribution in [1.82, 2.24) is 5.32 Å². The van der Waals surface area contributed by atoms with Crippen LogP contribution in [0.25, 0.3) is 0 Å². The number of nitrogens with one attached hydrogen (secondary N) is 1. The largest absolute Gasteiger partial charge is 0.496 e. The predicted molar refractivity (Wildman–Crippen MR) is 141 cm³/mol. The lowest BCUT2D eigenvalue weighted by atomic mass is 10.0. The van der Waals surface area contributed by atoms with Gasteiger partial charge in [0, 0.05) is 0 Å². The Morgan fingerprint density at radius 1 is 0.914 bits per heavy atom. The van der Waals surface area contributed by atoms with Gasteiger partial charge in [0.1, 0.15) is 12.3 Å². The van der Waals surface area contributed by atoms with Crippen LogP contribution in [0.2, 0.25) is 0 Å². The highest BCUT2D eigenvalue weighted by Crippen LogP contribution is 2.28. The molecule has 0 aromatic heterocycles. The second kappa shape index (κ2) is 11.0. The van der Waals surface area contributed by atoms with Crippen LogP contribution in [0.1, 0.15) is 47.2 Å². The number of methoxy groups -OCH3 is 1. The molecule has 1 amide bonds. The zero-order valence-electron chi connectivity index (χ0n) is 21.3. The van der Waals surface area contributed by atoms with Gasteiger partial charge in [-0.3, -0.25) is 9.10 Å². The van der Waals surface area contributed by atoms with Crippen LogP contribution in [0.3, 0.4) is 0 Å². The van der Waals surface area contributed by atoms with Crippen LogP contribution in [-0.4, -0.2) is 28.0 Å². The topological polar surface area (TPSA) is 75.7 Å². The van der Waals surface area contributed by atoms with Crippen LogP contribution in [0.4, 0.5) is 5.69 Å². The Morgan fingerprint density at radius 2 is 1.57 bits per heavy atom. The average molecular weight is 495 g/mol. The SMILES string of the molecule is CC[C@H](NC(=O)CN(c1ccc(C)cc1C)S(=O)(=O)c1ccc(C)cc1)c1ccc(OC)c(C)c1. The highest BCUT2D eigenvalue weighted by atomic mass is 32.2. The summed E-state index contributed by atoms with van der Waals surface area (Å²) in [5.74, 6) is 0.404. The molecule has 35 heavy (non-hydrogen) atoms. The van der Waals surface area contributed by atoms with E-state index in [1.165, 1.54) is 4.31 Å². The van der Waals surface area contributed by atoms with Crippen LogP contribution in [0.15, 0.2) is 65.6 Å². The van der Waals surface area contributed by atoms with E-state index >= 15 is 0 Å². The summed E-state index contributed by atoms with van der Waals surface area (Å²) in [4.78, 5) is 13.4. The lowest BCUT2D eigenvalue weighted by molar-refractivity contribution is -0.120. The van der Waals surface area contributed by atoms with Gasteiger partial charge in [0.25, 0.3) is 10.0 Å². The van der Waals surface area contributed by atoms with Gasteiger partial charge in [0.2, 0.25) is 5.91 Å². The third kappa shape index (κ3) is 6.03. The number of benzene rings is 3. The van der Waals surface area contributed by atoms with Crippen LogP contribution >= 0.6 is 0 Å². The molecule has 0 aliphatic heterocycles. The van der Waals surface area contributed by atoms with Gasteiger partial charge < -0.3 is 10.1 Å². The Hall–Kier alpha value is -3.32. The van der Waals surface area contributed by atoms with E-state index < -0.39 is 10.0 Å². The smallest absolute Gasteiger partial charge is 0.264 e. The van der Waals surface area contributed by atoms with Gasteiger partial charge in [-0.15, -0.1) is 0 Å². The fraction of sp³-hybridized carbons (Fsp3) is 0.321. The molecule has 1 atom stereocenters. The summed E-state index contributed by atoms with van der Waals surface area (Å²) in [6.45, 7) is 9.31. The first-order valence-corrected chi connectivity index (χ1v) is 13.1. The molecule has 0 aliphatic carbocycles. The van der Waals surface area contributed by atoms with Crippen molar-refractivity contribution < 1.29 is 17.9 Å². The first-order chi connectivity index (χ1) is 16.6. The monoisotopic (exact) mass is 494 g/mol. The molecule has 3 aromatic rings. The molecule has 0 unspecified atom stereocenters. The summed E-state index contributed by atoms with van der Waals surface area (Å²) >= 11 is 0. The second-order valence-corrected chi connectivity index (χ2v) is 10.7. The third-order valence-electron chi connectivity index (χ3n) is 6.08. The van der Waals surface area contributed by atoms with E-state index in [9.17, 15) is 13.2 Å². The van der Waals surface area contributed by atoms with Gasteiger partial charge in [-0.1, -0.05) is 54.4 Å². The number of anilines is 1. The van der Waals surface area contributed by atoms with Crippen molar-refractivity contribution in [3.8, 4) is 5.75 Å². The number of hydrogen-bond acceptors (Lipinski definition) is 4. The number of rotatable bonds is 9. The van der Waals surface area contributed by atoms with Crippen LogP contribution < -0.4 is 14.4 Å². The zero-order valence-corrected chi connectivity index (χ0v) is 22.1. The third-order valence-corrected chi connectivity index (χ3v) is 7.86.